The van der Waals surface area contributed by atoms with Crippen LogP contribution in [0.4, 0.5) is 11.4 Å². The van der Waals surface area contributed by atoms with Crippen molar-refractivity contribution in [1.82, 2.24) is 0 Å². The molecule has 0 radical (unpaired) electrons. The summed E-state index contributed by atoms with van der Waals surface area (Å²) in [5.74, 6) is 0. The molecular formula is C18H16N2S. The van der Waals surface area contributed by atoms with Gasteiger partial charge in [0.1, 0.15) is 5.69 Å². The molecule has 0 N–H and O–H groups in total. The Morgan fingerprint density at radius 2 is 1.52 bits per heavy atom. The molecule has 3 aromatic rings. The van der Waals surface area contributed by atoms with Crippen LogP contribution in [0.3, 0.4) is 0 Å². The van der Waals surface area contributed by atoms with Gasteiger partial charge in [0.15, 0.2) is 0 Å². The molecule has 0 atom stereocenters. The molecule has 0 aromatic heterocycles. The molecule has 0 bridgehead atoms. The second-order valence-corrected chi connectivity index (χ2v) is 5.68. The largest absolute Gasteiger partial charge is 0.150 e. The molecular weight excluding hydrogens is 276 g/mol. The molecule has 3 heteroatoms. The van der Waals surface area contributed by atoms with Crippen molar-refractivity contribution < 1.29 is 0 Å². The highest BCUT2D eigenvalue weighted by Gasteiger charge is 2.04. The highest BCUT2D eigenvalue weighted by atomic mass is 32.1. The van der Waals surface area contributed by atoms with E-state index in [9.17, 15) is 0 Å². The maximum atomic E-state index is 4.51. The zero-order valence-electron chi connectivity index (χ0n) is 12.0. The summed E-state index contributed by atoms with van der Waals surface area (Å²) in [6.45, 7) is 4.13. The second-order valence-electron chi connectivity index (χ2n) is 5.20. The normalized spacial score (nSPS) is 11.4. The second kappa shape index (κ2) is 5.70. The summed E-state index contributed by atoms with van der Waals surface area (Å²) in [5.41, 5.74) is 4.06. The molecule has 0 heterocycles. The lowest BCUT2D eigenvalue weighted by Gasteiger charge is -2.04. The van der Waals surface area contributed by atoms with E-state index in [-0.39, 0.29) is 0 Å². The van der Waals surface area contributed by atoms with E-state index in [0.29, 0.717) is 0 Å². The number of azo groups is 1. The standard InChI is InChI=1S/C18H16N2S/c1-12-9-13(2)11-15(10-12)19-20-18-16-6-4-3-5-14(16)7-8-17(18)21/h3-11,21H,1-2H3. The van der Waals surface area contributed by atoms with Crippen molar-refractivity contribution in [3.05, 3.63) is 65.7 Å². The lowest BCUT2D eigenvalue weighted by Crippen LogP contribution is -1.77. The lowest BCUT2D eigenvalue weighted by atomic mass is 10.1. The Kier molecular flexibility index (Phi) is 3.76. The van der Waals surface area contributed by atoms with E-state index in [2.05, 4.69) is 48.8 Å². The zero-order valence-corrected chi connectivity index (χ0v) is 12.9. The number of thiol groups is 1. The molecule has 0 spiro atoms. The van der Waals surface area contributed by atoms with Gasteiger partial charge < -0.3 is 0 Å². The Hall–Kier alpha value is -2.13. The summed E-state index contributed by atoms with van der Waals surface area (Å²) in [7, 11) is 0. The maximum absolute atomic E-state index is 4.51. The Labute approximate surface area is 130 Å². The Morgan fingerprint density at radius 1 is 0.810 bits per heavy atom. The number of benzene rings is 3. The predicted molar refractivity (Wildman–Crippen MR) is 91.3 cm³/mol. The van der Waals surface area contributed by atoms with E-state index in [1.807, 2.05) is 42.5 Å². The molecule has 0 saturated heterocycles. The van der Waals surface area contributed by atoms with Gasteiger partial charge in [-0.05, 0) is 48.6 Å². The fourth-order valence-electron chi connectivity index (χ4n) is 2.46. The van der Waals surface area contributed by atoms with Gasteiger partial charge in [-0.1, -0.05) is 36.4 Å². The molecule has 0 aliphatic rings. The molecule has 0 saturated carbocycles. The van der Waals surface area contributed by atoms with E-state index in [0.717, 1.165) is 27.0 Å². The summed E-state index contributed by atoms with van der Waals surface area (Å²) in [6.07, 6.45) is 0. The molecule has 21 heavy (non-hydrogen) atoms. The molecule has 0 aliphatic heterocycles. The van der Waals surface area contributed by atoms with E-state index in [1.165, 1.54) is 11.1 Å². The summed E-state index contributed by atoms with van der Waals surface area (Å²) < 4.78 is 0. The minimum absolute atomic E-state index is 0.815. The van der Waals surface area contributed by atoms with Gasteiger partial charge in [-0.15, -0.1) is 17.7 Å². The number of fused-ring (bicyclic) bond motifs is 1. The van der Waals surface area contributed by atoms with Gasteiger partial charge in [0.2, 0.25) is 0 Å². The quantitative estimate of drug-likeness (QED) is 0.432. The third-order valence-corrected chi connectivity index (χ3v) is 3.71. The molecule has 104 valence electrons. The summed E-state index contributed by atoms with van der Waals surface area (Å²) in [4.78, 5) is 0.835. The van der Waals surface area contributed by atoms with E-state index in [1.54, 1.807) is 0 Å². The Balaban J connectivity index is 2.08. The average Bonchev–Trinajstić information content (AvgIpc) is 2.45. The number of rotatable bonds is 2. The molecule has 3 aromatic carbocycles. The van der Waals surface area contributed by atoms with Gasteiger partial charge in [0.05, 0.1) is 5.69 Å². The van der Waals surface area contributed by atoms with E-state index < -0.39 is 0 Å². The van der Waals surface area contributed by atoms with Crippen LogP contribution in [0.2, 0.25) is 0 Å². The fraction of sp³-hybridized carbons (Fsp3) is 0.111. The van der Waals surface area contributed by atoms with Crippen LogP contribution < -0.4 is 0 Å². The fourth-order valence-corrected chi connectivity index (χ4v) is 2.70. The van der Waals surface area contributed by atoms with Gasteiger partial charge in [-0.2, -0.15) is 5.11 Å². The van der Waals surface area contributed by atoms with Gasteiger partial charge in [-0.3, -0.25) is 0 Å². The molecule has 2 nitrogen and oxygen atoms in total. The summed E-state index contributed by atoms with van der Waals surface area (Å²) in [6, 6.07) is 18.3. The van der Waals surface area contributed by atoms with Crippen LogP contribution in [0.5, 0.6) is 0 Å². The van der Waals surface area contributed by atoms with Crippen molar-refractivity contribution in [2.45, 2.75) is 18.7 Å². The highest BCUT2D eigenvalue weighted by Crippen LogP contribution is 2.33. The first kappa shape index (κ1) is 13.8. The van der Waals surface area contributed by atoms with Crippen molar-refractivity contribution in [3.63, 3.8) is 0 Å². The minimum Gasteiger partial charge on any atom is -0.150 e. The first-order valence-corrected chi connectivity index (χ1v) is 7.29. The number of nitrogens with zero attached hydrogens (tertiary/aromatic N) is 2. The van der Waals surface area contributed by atoms with E-state index in [4.69, 9.17) is 0 Å². The maximum Gasteiger partial charge on any atom is 0.107 e. The molecule has 0 unspecified atom stereocenters. The number of hydrogen-bond acceptors (Lipinski definition) is 3. The van der Waals surface area contributed by atoms with Crippen LogP contribution in [0.25, 0.3) is 10.8 Å². The average molecular weight is 292 g/mol. The van der Waals surface area contributed by atoms with Gasteiger partial charge >= 0.3 is 0 Å². The third kappa shape index (κ3) is 2.98. The third-order valence-electron chi connectivity index (χ3n) is 3.35. The predicted octanol–water partition coefficient (Wildman–Crippen LogP) is 6.16. The van der Waals surface area contributed by atoms with Crippen LogP contribution in [0.1, 0.15) is 11.1 Å². The van der Waals surface area contributed by atoms with Crippen LogP contribution in [-0.2, 0) is 0 Å². The Bertz CT molecular complexity index is 817. The monoisotopic (exact) mass is 292 g/mol. The van der Waals surface area contributed by atoms with Crippen molar-refractivity contribution in [3.8, 4) is 0 Å². The van der Waals surface area contributed by atoms with Crippen LogP contribution >= 0.6 is 12.6 Å². The topological polar surface area (TPSA) is 24.7 Å². The first-order chi connectivity index (χ1) is 10.1. The first-order valence-electron chi connectivity index (χ1n) is 6.84. The lowest BCUT2D eigenvalue weighted by molar-refractivity contribution is 1.20. The van der Waals surface area contributed by atoms with Crippen LogP contribution in [0, 0.1) is 13.8 Å². The molecule has 0 aliphatic carbocycles. The Morgan fingerprint density at radius 3 is 2.29 bits per heavy atom. The SMILES string of the molecule is Cc1cc(C)cc(N=Nc2c(S)ccc3ccccc23)c1. The smallest absolute Gasteiger partial charge is 0.107 e. The molecule has 0 amide bonds. The number of aryl methyl sites for hydroxylation is 2. The van der Waals surface area contributed by atoms with Crippen molar-refractivity contribution in [2.24, 2.45) is 10.2 Å². The zero-order chi connectivity index (χ0) is 14.8. The van der Waals surface area contributed by atoms with E-state index >= 15 is 0 Å². The highest BCUT2D eigenvalue weighted by molar-refractivity contribution is 7.80. The van der Waals surface area contributed by atoms with Crippen molar-refractivity contribution in [1.29, 1.82) is 0 Å². The summed E-state index contributed by atoms with van der Waals surface area (Å²) >= 11 is 4.51. The van der Waals surface area contributed by atoms with Crippen LogP contribution in [-0.4, -0.2) is 0 Å². The minimum atomic E-state index is 0.815. The van der Waals surface area contributed by atoms with Crippen LogP contribution in [0.15, 0.2) is 69.7 Å². The van der Waals surface area contributed by atoms with Gasteiger partial charge in [0, 0.05) is 10.3 Å². The van der Waals surface area contributed by atoms with Crippen molar-refractivity contribution in [2.75, 3.05) is 0 Å². The molecule has 0 fully saturated rings. The van der Waals surface area contributed by atoms with Gasteiger partial charge in [0.25, 0.3) is 0 Å². The number of hydrogen-bond donors (Lipinski definition) is 1. The van der Waals surface area contributed by atoms with Gasteiger partial charge in [-0.25, -0.2) is 0 Å². The van der Waals surface area contributed by atoms with Crippen molar-refractivity contribution >= 4 is 34.8 Å². The molecule has 3 rings (SSSR count). The summed E-state index contributed by atoms with van der Waals surface area (Å²) in [5, 5.41) is 11.0.